The lowest BCUT2D eigenvalue weighted by molar-refractivity contribution is 0.793. The highest BCUT2D eigenvalue weighted by atomic mass is 32.1. The summed E-state index contributed by atoms with van der Waals surface area (Å²) in [5.41, 5.74) is 19.2. The Hall–Kier alpha value is -6.22. The third-order valence-electron chi connectivity index (χ3n) is 12.3. The third kappa shape index (κ3) is 4.52. The van der Waals surface area contributed by atoms with Gasteiger partial charge in [-0.15, -0.1) is 11.3 Å². The van der Waals surface area contributed by atoms with Gasteiger partial charge in [0.15, 0.2) is 0 Å². The fourth-order valence-electron chi connectivity index (χ4n) is 9.95. The fourth-order valence-corrected chi connectivity index (χ4v) is 11.0. The average Bonchev–Trinajstić information content (AvgIpc) is 3.87. The highest BCUT2D eigenvalue weighted by molar-refractivity contribution is 7.25. The van der Waals surface area contributed by atoms with Gasteiger partial charge < -0.3 is 4.90 Å². The molecule has 0 amide bonds. The van der Waals surface area contributed by atoms with Crippen LogP contribution in [0.15, 0.2) is 176 Å². The molecule has 2 aliphatic carbocycles. The van der Waals surface area contributed by atoms with Crippen molar-refractivity contribution in [2.24, 2.45) is 0 Å². The van der Waals surface area contributed by atoms with Crippen molar-refractivity contribution in [1.29, 1.82) is 0 Å². The maximum atomic E-state index is 2.55. The summed E-state index contributed by atoms with van der Waals surface area (Å²) < 4.78 is 2.63. The maximum Gasteiger partial charge on any atom is 0.0726 e. The quantitative estimate of drug-likeness (QED) is 0.165. The van der Waals surface area contributed by atoms with Crippen LogP contribution in [0.4, 0.5) is 17.1 Å². The first kappa shape index (κ1) is 32.2. The standard InChI is InChI=1S/C53H39NS/c1-3-34-16-5-6-18-38(34)52-35(4-2)17-15-26-49(52)54(36-29-31-51-44(32-36)43-22-10-14-27-50(43)55-51)37-28-30-42-41-21-9-13-25-47(41)53(48(42)33-37)45-23-11-7-19-39(45)40-20-8-12-24-46(40)53/h5-33H,3-4H2,1-2H3. The second-order valence-electron chi connectivity index (χ2n) is 14.9. The van der Waals surface area contributed by atoms with Gasteiger partial charge in [0.25, 0.3) is 0 Å². The van der Waals surface area contributed by atoms with E-state index in [4.69, 9.17) is 0 Å². The zero-order valence-corrected chi connectivity index (χ0v) is 31.8. The van der Waals surface area contributed by atoms with Crippen molar-refractivity contribution in [3.05, 3.63) is 209 Å². The number of hydrogen-bond donors (Lipinski definition) is 0. The summed E-state index contributed by atoms with van der Waals surface area (Å²) in [5.74, 6) is 0. The SMILES string of the molecule is CCc1ccccc1-c1c(CC)cccc1N(c1ccc2c(c1)C1(c3ccccc3-c3ccccc31)c1ccccc1-2)c1ccc2sc3ccccc3c2c1. The second-order valence-corrected chi connectivity index (χ2v) is 16.0. The summed E-state index contributed by atoms with van der Waals surface area (Å²) in [6.45, 7) is 4.56. The van der Waals surface area contributed by atoms with E-state index in [9.17, 15) is 0 Å². The Balaban J connectivity index is 1.23. The van der Waals surface area contributed by atoms with Crippen LogP contribution in [0.5, 0.6) is 0 Å². The first-order valence-corrected chi connectivity index (χ1v) is 20.4. The summed E-state index contributed by atoms with van der Waals surface area (Å²) in [6, 6.07) is 66.4. The lowest BCUT2D eigenvalue weighted by Crippen LogP contribution is -2.26. The number of benzene rings is 8. The maximum absolute atomic E-state index is 2.55. The number of thiophene rings is 1. The van der Waals surface area contributed by atoms with E-state index in [-0.39, 0.29) is 0 Å². The van der Waals surface area contributed by atoms with Crippen molar-refractivity contribution in [2.45, 2.75) is 32.1 Å². The first-order valence-electron chi connectivity index (χ1n) is 19.6. The van der Waals surface area contributed by atoms with Crippen LogP contribution >= 0.6 is 11.3 Å². The van der Waals surface area contributed by atoms with Crippen molar-refractivity contribution in [2.75, 3.05) is 4.90 Å². The molecule has 0 fully saturated rings. The Kier molecular flexibility index (Phi) is 7.27. The van der Waals surface area contributed by atoms with E-state index >= 15 is 0 Å². The van der Waals surface area contributed by atoms with E-state index in [0.717, 1.165) is 24.2 Å². The molecule has 0 saturated carbocycles. The smallest absolute Gasteiger partial charge is 0.0726 e. The molecule has 0 unspecified atom stereocenters. The Morgan fingerprint density at radius 2 is 0.945 bits per heavy atom. The van der Waals surface area contributed by atoms with Crippen molar-refractivity contribution < 1.29 is 0 Å². The number of rotatable bonds is 6. The third-order valence-corrected chi connectivity index (χ3v) is 13.4. The van der Waals surface area contributed by atoms with Crippen molar-refractivity contribution in [3.63, 3.8) is 0 Å². The molecule has 9 aromatic rings. The highest BCUT2D eigenvalue weighted by Gasteiger charge is 2.51. The van der Waals surface area contributed by atoms with Gasteiger partial charge >= 0.3 is 0 Å². The van der Waals surface area contributed by atoms with E-state index in [2.05, 4.69) is 195 Å². The molecule has 0 bridgehead atoms. The number of fused-ring (bicyclic) bond motifs is 13. The minimum Gasteiger partial charge on any atom is -0.310 e. The van der Waals surface area contributed by atoms with Crippen LogP contribution in [0.2, 0.25) is 0 Å². The first-order chi connectivity index (χ1) is 27.2. The van der Waals surface area contributed by atoms with Gasteiger partial charge in [0.1, 0.15) is 0 Å². The van der Waals surface area contributed by atoms with Crippen LogP contribution in [-0.4, -0.2) is 0 Å². The van der Waals surface area contributed by atoms with E-state index in [1.807, 2.05) is 11.3 Å². The van der Waals surface area contributed by atoms with Crippen LogP contribution in [0.1, 0.15) is 47.2 Å². The summed E-state index contributed by atoms with van der Waals surface area (Å²) >= 11 is 1.88. The lowest BCUT2D eigenvalue weighted by atomic mass is 9.70. The molecular weight excluding hydrogens is 683 g/mol. The van der Waals surface area contributed by atoms with Crippen LogP contribution in [0.3, 0.4) is 0 Å². The number of anilines is 3. The average molecular weight is 722 g/mol. The van der Waals surface area contributed by atoms with Crippen molar-refractivity contribution in [3.8, 4) is 33.4 Å². The summed E-state index contributed by atoms with van der Waals surface area (Å²) in [6.07, 6.45) is 1.92. The van der Waals surface area contributed by atoms with Crippen LogP contribution in [0, 0.1) is 0 Å². The number of aryl methyl sites for hydroxylation is 2. The minimum atomic E-state index is -0.419. The van der Waals surface area contributed by atoms with Crippen LogP contribution in [0.25, 0.3) is 53.6 Å². The fraction of sp³-hybridized carbons (Fsp3) is 0.0943. The van der Waals surface area contributed by atoms with E-state index in [1.165, 1.54) is 92.6 Å². The molecule has 1 heterocycles. The Morgan fingerprint density at radius 3 is 1.64 bits per heavy atom. The van der Waals surface area contributed by atoms with Crippen molar-refractivity contribution >= 4 is 48.6 Å². The molecule has 1 nitrogen and oxygen atoms in total. The highest BCUT2D eigenvalue weighted by Crippen LogP contribution is 2.63. The molecule has 0 aliphatic heterocycles. The van der Waals surface area contributed by atoms with E-state index in [1.54, 1.807) is 0 Å². The van der Waals surface area contributed by atoms with Crippen LogP contribution < -0.4 is 4.90 Å². The summed E-state index contributed by atoms with van der Waals surface area (Å²) in [7, 11) is 0. The zero-order chi connectivity index (χ0) is 36.7. The topological polar surface area (TPSA) is 3.24 Å². The lowest BCUT2D eigenvalue weighted by Gasteiger charge is -2.33. The van der Waals surface area contributed by atoms with Gasteiger partial charge in [-0.05, 0) is 117 Å². The molecular formula is C53H39NS. The molecule has 1 spiro atoms. The Morgan fingerprint density at radius 1 is 0.418 bits per heavy atom. The predicted octanol–water partition coefficient (Wildman–Crippen LogP) is 14.7. The minimum absolute atomic E-state index is 0.419. The summed E-state index contributed by atoms with van der Waals surface area (Å²) in [4.78, 5) is 2.55. The van der Waals surface area contributed by atoms with Gasteiger partial charge in [-0.3, -0.25) is 0 Å². The monoisotopic (exact) mass is 721 g/mol. The number of hydrogen-bond acceptors (Lipinski definition) is 2. The molecule has 1 aromatic heterocycles. The molecule has 262 valence electrons. The van der Waals surface area contributed by atoms with Crippen LogP contribution in [-0.2, 0) is 18.3 Å². The Labute approximate surface area is 326 Å². The van der Waals surface area contributed by atoms with Gasteiger partial charge in [0.05, 0.1) is 11.1 Å². The van der Waals surface area contributed by atoms with Gasteiger partial charge in [0.2, 0.25) is 0 Å². The molecule has 55 heavy (non-hydrogen) atoms. The second kappa shape index (κ2) is 12.4. The molecule has 0 atom stereocenters. The largest absolute Gasteiger partial charge is 0.310 e. The van der Waals surface area contributed by atoms with Gasteiger partial charge in [0, 0.05) is 37.1 Å². The number of nitrogens with zero attached hydrogens (tertiary/aromatic N) is 1. The molecule has 0 radical (unpaired) electrons. The van der Waals surface area contributed by atoms with E-state index in [0.29, 0.717) is 0 Å². The normalized spacial score (nSPS) is 13.2. The molecule has 2 heteroatoms. The summed E-state index contributed by atoms with van der Waals surface area (Å²) in [5, 5.41) is 2.61. The molecule has 8 aromatic carbocycles. The van der Waals surface area contributed by atoms with Gasteiger partial charge in [-0.25, -0.2) is 0 Å². The predicted molar refractivity (Wildman–Crippen MR) is 235 cm³/mol. The molecule has 2 aliphatic rings. The van der Waals surface area contributed by atoms with Crippen molar-refractivity contribution in [1.82, 2.24) is 0 Å². The molecule has 0 saturated heterocycles. The van der Waals surface area contributed by atoms with Gasteiger partial charge in [-0.1, -0.05) is 147 Å². The molecule has 11 rings (SSSR count). The zero-order valence-electron chi connectivity index (χ0n) is 31.0. The Bertz CT molecular complexity index is 2920. The van der Waals surface area contributed by atoms with E-state index < -0.39 is 5.41 Å². The molecule has 0 N–H and O–H groups in total. The van der Waals surface area contributed by atoms with Gasteiger partial charge in [-0.2, -0.15) is 0 Å².